The average molecular weight is 293 g/mol. The summed E-state index contributed by atoms with van der Waals surface area (Å²) in [5.74, 6) is 0.0101. The van der Waals surface area contributed by atoms with E-state index in [9.17, 15) is 9.90 Å². The number of aromatic nitrogens is 2. The molecule has 5 nitrogen and oxygen atoms in total. The van der Waals surface area contributed by atoms with Crippen LogP contribution in [0, 0.1) is 6.92 Å². The zero-order valence-electron chi connectivity index (χ0n) is 13.2. The number of aliphatic hydroxyl groups is 1. The Hall–Kier alpha value is -1.36. The zero-order valence-corrected chi connectivity index (χ0v) is 13.2. The van der Waals surface area contributed by atoms with Crippen molar-refractivity contribution in [3.8, 4) is 0 Å². The number of carbonyl (C=O) groups is 1. The molecule has 5 heteroatoms. The molecule has 1 fully saturated rings. The summed E-state index contributed by atoms with van der Waals surface area (Å²) in [6.07, 6.45) is 9.20. The second kappa shape index (κ2) is 7.07. The normalized spacial score (nSPS) is 18.2. The van der Waals surface area contributed by atoms with Crippen LogP contribution in [0.1, 0.15) is 56.2 Å². The van der Waals surface area contributed by atoms with E-state index in [0.717, 1.165) is 36.9 Å². The van der Waals surface area contributed by atoms with Gasteiger partial charge in [-0.3, -0.25) is 9.48 Å². The SMILES string of the molecule is Cc1nn(C)cc1CCC(=O)NCC1(O)CCCCCC1. The summed E-state index contributed by atoms with van der Waals surface area (Å²) < 4.78 is 1.77. The largest absolute Gasteiger partial charge is 0.388 e. The van der Waals surface area contributed by atoms with E-state index in [1.165, 1.54) is 12.8 Å². The van der Waals surface area contributed by atoms with Gasteiger partial charge in [0.25, 0.3) is 0 Å². The first-order valence-electron chi connectivity index (χ1n) is 7.97. The lowest BCUT2D eigenvalue weighted by molar-refractivity contribution is -0.122. The van der Waals surface area contributed by atoms with Crippen molar-refractivity contribution in [3.05, 3.63) is 17.5 Å². The Labute approximate surface area is 126 Å². The molecule has 1 heterocycles. The first kappa shape index (κ1) is 16.0. The predicted octanol–water partition coefficient (Wildman–Crippen LogP) is 1.86. The van der Waals surface area contributed by atoms with Gasteiger partial charge < -0.3 is 10.4 Å². The monoisotopic (exact) mass is 293 g/mol. The maximum atomic E-state index is 12.0. The minimum Gasteiger partial charge on any atom is -0.388 e. The molecule has 0 aliphatic heterocycles. The van der Waals surface area contributed by atoms with Crippen molar-refractivity contribution in [3.63, 3.8) is 0 Å². The molecule has 1 aromatic heterocycles. The summed E-state index contributed by atoms with van der Waals surface area (Å²) >= 11 is 0. The number of amides is 1. The highest BCUT2D eigenvalue weighted by molar-refractivity contribution is 5.76. The standard InChI is InChI=1S/C16H27N3O2/c1-13-14(11-19(2)18-13)7-8-15(20)17-12-16(21)9-5-3-4-6-10-16/h11,21H,3-10,12H2,1-2H3,(H,17,20). The molecule has 0 unspecified atom stereocenters. The van der Waals surface area contributed by atoms with E-state index < -0.39 is 5.60 Å². The quantitative estimate of drug-likeness (QED) is 0.814. The van der Waals surface area contributed by atoms with E-state index in [1.54, 1.807) is 4.68 Å². The summed E-state index contributed by atoms with van der Waals surface area (Å²) in [5, 5.41) is 17.7. The molecule has 0 spiro atoms. The van der Waals surface area contributed by atoms with Crippen molar-refractivity contribution in [2.45, 2.75) is 63.9 Å². The molecule has 0 bridgehead atoms. The Morgan fingerprint density at radius 1 is 1.38 bits per heavy atom. The molecule has 1 aromatic rings. The van der Waals surface area contributed by atoms with Crippen LogP contribution in [0.4, 0.5) is 0 Å². The molecule has 2 rings (SSSR count). The number of hydrogen-bond donors (Lipinski definition) is 2. The minimum absolute atomic E-state index is 0.0101. The number of carbonyl (C=O) groups excluding carboxylic acids is 1. The number of hydrogen-bond acceptors (Lipinski definition) is 3. The van der Waals surface area contributed by atoms with Crippen molar-refractivity contribution in [1.29, 1.82) is 0 Å². The van der Waals surface area contributed by atoms with Gasteiger partial charge in [-0.2, -0.15) is 5.10 Å². The van der Waals surface area contributed by atoms with Gasteiger partial charge in [0.05, 0.1) is 11.3 Å². The maximum absolute atomic E-state index is 12.0. The third-order valence-electron chi connectivity index (χ3n) is 4.39. The fourth-order valence-electron chi connectivity index (χ4n) is 3.06. The van der Waals surface area contributed by atoms with Gasteiger partial charge in [0.2, 0.25) is 5.91 Å². The highest BCUT2D eigenvalue weighted by Crippen LogP contribution is 2.26. The molecule has 0 saturated heterocycles. The summed E-state index contributed by atoms with van der Waals surface area (Å²) in [6.45, 7) is 2.35. The van der Waals surface area contributed by atoms with E-state index in [4.69, 9.17) is 0 Å². The van der Waals surface area contributed by atoms with Gasteiger partial charge in [0, 0.05) is 26.2 Å². The average Bonchev–Trinajstić information content (AvgIpc) is 2.63. The zero-order chi connectivity index (χ0) is 15.3. The van der Waals surface area contributed by atoms with Crippen molar-refractivity contribution in [2.24, 2.45) is 7.05 Å². The van der Waals surface area contributed by atoms with E-state index in [2.05, 4.69) is 10.4 Å². The fourth-order valence-corrected chi connectivity index (χ4v) is 3.06. The number of rotatable bonds is 5. The molecule has 21 heavy (non-hydrogen) atoms. The maximum Gasteiger partial charge on any atom is 0.220 e. The molecular formula is C16H27N3O2. The van der Waals surface area contributed by atoms with Crippen LogP contribution in [-0.2, 0) is 18.3 Å². The van der Waals surface area contributed by atoms with E-state index in [-0.39, 0.29) is 5.91 Å². The summed E-state index contributed by atoms with van der Waals surface area (Å²) in [4.78, 5) is 12.0. The molecular weight excluding hydrogens is 266 g/mol. The Morgan fingerprint density at radius 3 is 2.62 bits per heavy atom. The predicted molar refractivity (Wildman–Crippen MR) is 81.9 cm³/mol. The third kappa shape index (κ3) is 4.84. The molecule has 1 aliphatic rings. The smallest absolute Gasteiger partial charge is 0.220 e. The van der Waals surface area contributed by atoms with Crippen LogP contribution < -0.4 is 5.32 Å². The van der Waals surface area contributed by atoms with Crippen LogP contribution in [0.5, 0.6) is 0 Å². The summed E-state index contributed by atoms with van der Waals surface area (Å²) in [5.41, 5.74) is 1.39. The molecule has 1 saturated carbocycles. The highest BCUT2D eigenvalue weighted by atomic mass is 16.3. The minimum atomic E-state index is -0.698. The van der Waals surface area contributed by atoms with Gasteiger partial charge >= 0.3 is 0 Å². The molecule has 0 radical (unpaired) electrons. The van der Waals surface area contributed by atoms with E-state index in [0.29, 0.717) is 19.4 Å². The van der Waals surface area contributed by atoms with Gasteiger partial charge in [0.1, 0.15) is 0 Å². The van der Waals surface area contributed by atoms with Gasteiger partial charge in [-0.25, -0.2) is 0 Å². The Bertz CT molecular complexity index is 474. The number of nitrogens with one attached hydrogen (secondary N) is 1. The van der Waals surface area contributed by atoms with Crippen LogP contribution in [0.15, 0.2) is 6.20 Å². The lowest BCUT2D eigenvalue weighted by Crippen LogP contribution is -2.42. The van der Waals surface area contributed by atoms with Gasteiger partial charge in [-0.05, 0) is 31.7 Å². The van der Waals surface area contributed by atoms with Crippen LogP contribution in [-0.4, -0.2) is 32.9 Å². The lowest BCUT2D eigenvalue weighted by atomic mass is 9.94. The fraction of sp³-hybridized carbons (Fsp3) is 0.750. The third-order valence-corrected chi connectivity index (χ3v) is 4.39. The molecule has 2 N–H and O–H groups in total. The molecule has 0 aromatic carbocycles. The summed E-state index contributed by atoms with van der Waals surface area (Å²) in [6, 6.07) is 0. The van der Waals surface area contributed by atoms with Crippen molar-refractivity contribution in [1.82, 2.24) is 15.1 Å². The van der Waals surface area contributed by atoms with Crippen LogP contribution in [0.25, 0.3) is 0 Å². The molecule has 1 aliphatic carbocycles. The van der Waals surface area contributed by atoms with Gasteiger partial charge in [-0.1, -0.05) is 25.7 Å². The van der Waals surface area contributed by atoms with Crippen LogP contribution >= 0.6 is 0 Å². The topological polar surface area (TPSA) is 67.2 Å². The second-order valence-electron chi connectivity index (χ2n) is 6.33. The van der Waals surface area contributed by atoms with Gasteiger partial charge in [-0.15, -0.1) is 0 Å². The Balaban J connectivity index is 1.75. The second-order valence-corrected chi connectivity index (χ2v) is 6.33. The van der Waals surface area contributed by atoms with E-state index >= 15 is 0 Å². The highest BCUT2D eigenvalue weighted by Gasteiger charge is 2.28. The Morgan fingerprint density at radius 2 is 2.05 bits per heavy atom. The molecule has 1 amide bonds. The summed E-state index contributed by atoms with van der Waals surface area (Å²) in [7, 11) is 1.89. The molecule has 0 atom stereocenters. The van der Waals surface area contributed by atoms with E-state index in [1.807, 2.05) is 20.2 Å². The Kier molecular flexibility index (Phi) is 5.39. The lowest BCUT2D eigenvalue weighted by Gasteiger charge is -2.26. The molecule has 118 valence electrons. The van der Waals surface area contributed by atoms with Gasteiger partial charge in [0.15, 0.2) is 0 Å². The van der Waals surface area contributed by atoms with Crippen molar-refractivity contribution < 1.29 is 9.90 Å². The van der Waals surface area contributed by atoms with Crippen molar-refractivity contribution in [2.75, 3.05) is 6.54 Å². The number of nitrogens with zero attached hydrogens (tertiary/aromatic N) is 2. The van der Waals surface area contributed by atoms with Crippen molar-refractivity contribution >= 4 is 5.91 Å². The van der Waals surface area contributed by atoms with Crippen LogP contribution in [0.3, 0.4) is 0 Å². The van der Waals surface area contributed by atoms with Crippen LogP contribution in [0.2, 0.25) is 0 Å². The first-order valence-corrected chi connectivity index (χ1v) is 7.97. The number of aryl methyl sites for hydroxylation is 3. The first-order chi connectivity index (χ1) is 9.98.